The van der Waals surface area contributed by atoms with Crippen LogP contribution in [0, 0.1) is 5.41 Å². The molecular formula is C14H23N3O2. The molecule has 0 radical (unpaired) electrons. The Morgan fingerprint density at radius 2 is 2.16 bits per heavy atom. The van der Waals surface area contributed by atoms with Crippen LogP contribution in [0.4, 0.5) is 0 Å². The van der Waals surface area contributed by atoms with Gasteiger partial charge < -0.3 is 14.0 Å². The molecular weight excluding hydrogens is 242 g/mol. The minimum Gasteiger partial charge on any atom is -0.378 e. The van der Waals surface area contributed by atoms with Gasteiger partial charge in [-0.1, -0.05) is 13.8 Å². The Kier molecular flexibility index (Phi) is 3.14. The quantitative estimate of drug-likeness (QED) is 0.837. The van der Waals surface area contributed by atoms with E-state index in [4.69, 9.17) is 9.47 Å². The molecule has 0 aliphatic carbocycles. The summed E-state index contributed by atoms with van der Waals surface area (Å²) in [7, 11) is 0. The Morgan fingerprint density at radius 3 is 2.84 bits per heavy atom. The van der Waals surface area contributed by atoms with Crippen LogP contribution < -0.4 is 0 Å². The van der Waals surface area contributed by atoms with E-state index in [9.17, 15) is 0 Å². The van der Waals surface area contributed by atoms with Crippen LogP contribution in [0.15, 0.2) is 0 Å². The monoisotopic (exact) mass is 265 g/mol. The van der Waals surface area contributed by atoms with E-state index in [0.717, 1.165) is 37.6 Å². The zero-order valence-electron chi connectivity index (χ0n) is 12.1. The van der Waals surface area contributed by atoms with Crippen molar-refractivity contribution in [2.24, 2.45) is 5.41 Å². The fourth-order valence-electron chi connectivity index (χ4n) is 3.16. The Morgan fingerprint density at radius 1 is 1.32 bits per heavy atom. The number of ether oxygens (including phenoxy) is 2. The van der Waals surface area contributed by atoms with Crippen molar-refractivity contribution in [3.8, 4) is 0 Å². The minimum atomic E-state index is -0.382. The molecule has 1 aromatic heterocycles. The van der Waals surface area contributed by atoms with Crippen LogP contribution in [0.1, 0.15) is 45.3 Å². The van der Waals surface area contributed by atoms with Gasteiger partial charge in [0.2, 0.25) is 0 Å². The minimum absolute atomic E-state index is 0.303. The van der Waals surface area contributed by atoms with Crippen molar-refractivity contribution in [1.29, 1.82) is 0 Å². The van der Waals surface area contributed by atoms with E-state index in [1.54, 1.807) is 0 Å². The van der Waals surface area contributed by atoms with E-state index >= 15 is 0 Å². The first-order valence-corrected chi connectivity index (χ1v) is 7.21. The first-order chi connectivity index (χ1) is 9.06. The zero-order valence-corrected chi connectivity index (χ0v) is 12.1. The lowest BCUT2D eigenvalue weighted by atomic mass is 9.84. The summed E-state index contributed by atoms with van der Waals surface area (Å²) in [6.07, 6.45) is 3.05. The highest BCUT2D eigenvalue weighted by Crippen LogP contribution is 2.38. The van der Waals surface area contributed by atoms with Gasteiger partial charge in [-0.05, 0) is 18.8 Å². The second kappa shape index (κ2) is 4.56. The molecule has 3 heterocycles. The molecule has 1 unspecified atom stereocenters. The van der Waals surface area contributed by atoms with Crippen LogP contribution in [0.2, 0.25) is 0 Å². The normalized spacial score (nSPS) is 29.4. The SMILES string of the molecule is CCOC1(c2nnc3n2CC(C)(C)CC3)CCOC1. The number of aromatic nitrogens is 3. The number of nitrogens with zero attached hydrogens (tertiary/aromatic N) is 3. The summed E-state index contributed by atoms with van der Waals surface area (Å²) in [5.74, 6) is 2.06. The standard InChI is InChI=1S/C14H23N3O2/c1-4-19-14(7-8-18-10-14)12-16-15-11-5-6-13(2,3)9-17(11)12/h4-10H2,1-3H3. The Labute approximate surface area is 114 Å². The van der Waals surface area contributed by atoms with E-state index in [0.29, 0.717) is 18.6 Å². The van der Waals surface area contributed by atoms with Crippen molar-refractivity contribution >= 4 is 0 Å². The molecule has 1 fully saturated rings. The average molecular weight is 265 g/mol. The fraction of sp³-hybridized carbons (Fsp3) is 0.857. The molecule has 2 aliphatic heterocycles. The molecule has 0 N–H and O–H groups in total. The molecule has 2 aliphatic rings. The topological polar surface area (TPSA) is 49.2 Å². The first kappa shape index (κ1) is 13.1. The average Bonchev–Trinajstić information content (AvgIpc) is 2.95. The van der Waals surface area contributed by atoms with Gasteiger partial charge in [-0.3, -0.25) is 0 Å². The number of fused-ring (bicyclic) bond motifs is 1. The largest absolute Gasteiger partial charge is 0.378 e. The second-order valence-corrected chi connectivity index (χ2v) is 6.42. The predicted octanol–water partition coefficient (Wildman–Crippen LogP) is 1.90. The lowest BCUT2D eigenvalue weighted by Gasteiger charge is -2.34. The van der Waals surface area contributed by atoms with Crippen LogP contribution in [0.5, 0.6) is 0 Å². The van der Waals surface area contributed by atoms with E-state index < -0.39 is 0 Å². The number of rotatable bonds is 3. The van der Waals surface area contributed by atoms with Gasteiger partial charge in [0, 0.05) is 26.0 Å². The zero-order chi connectivity index (χ0) is 13.5. The van der Waals surface area contributed by atoms with Gasteiger partial charge in [0.1, 0.15) is 5.82 Å². The van der Waals surface area contributed by atoms with Crippen LogP contribution >= 0.6 is 0 Å². The van der Waals surface area contributed by atoms with Gasteiger partial charge in [0.05, 0.1) is 13.2 Å². The van der Waals surface area contributed by atoms with Crippen molar-refractivity contribution < 1.29 is 9.47 Å². The lowest BCUT2D eigenvalue weighted by Crippen LogP contribution is -2.37. The summed E-state index contributed by atoms with van der Waals surface area (Å²) in [6.45, 7) is 9.62. The highest BCUT2D eigenvalue weighted by Gasteiger charge is 2.44. The van der Waals surface area contributed by atoms with Crippen molar-refractivity contribution in [1.82, 2.24) is 14.8 Å². The van der Waals surface area contributed by atoms with Gasteiger partial charge in [-0.15, -0.1) is 10.2 Å². The molecule has 5 nitrogen and oxygen atoms in total. The van der Waals surface area contributed by atoms with Gasteiger partial charge >= 0.3 is 0 Å². The molecule has 1 saturated heterocycles. The maximum absolute atomic E-state index is 6.02. The highest BCUT2D eigenvalue weighted by atomic mass is 16.6. The molecule has 19 heavy (non-hydrogen) atoms. The second-order valence-electron chi connectivity index (χ2n) is 6.42. The first-order valence-electron chi connectivity index (χ1n) is 7.21. The van der Waals surface area contributed by atoms with Gasteiger partial charge in [0.25, 0.3) is 0 Å². The molecule has 0 bridgehead atoms. The number of hydrogen-bond acceptors (Lipinski definition) is 4. The summed E-state index contributed by atoms with van der Waals surface area (Å²) in [4.78, 5) is 0. The summed E-state index contributed by atoms with van der Waals surface area (Å²) in [5, 5.41) is 8.82. The van der Waals surface area contributed by atoms with E-state index in [2.05, 4.69) is 28.6 Å². The van der Waals surface area contributed by atoms with Crippen molar-refractivity contribution in [3.63, 3.8) is 0 Å². The molecule has 0 amide bonds. The molecule has 5 heteroatoms. The third kappa shape index (κ3) is 2.19. The van der Waals surface area contributed by atoms with E-state index in [1.165, 1.54) is 6.42 Å². The fourth-order valence-corrected chi connectivity index (χ4v) is 3.16. The molecule has 106 valence electrons. The number of hydrogen-bond donors (Lipinski definition) is 0. The van der Waals surface area contributed by atoms with Crippen molar-refractivity contribution in [2.75, 3.05) is 19.8 Å². The molecule has 1 atom stereocenters. The van der Waals surface area contributed by atoms with E-state index in [-0.39, 0.29) is 5.60 Å². The maximum atomic E-state index is 6.02. The maximum Gasteiger partial charge on any atom is 0.167 e. The molecule has 0 spiro atoms. The molecule has 3 rings (SSSR count). The Balaban J connectivity index is 1.99. The van der Waals surface area contributed by atoms with Gasteiger partial charge in [-0.25, -0.2) is 0 Å². The smallest absolute Gasteiger partial charge is 0.167 e. The summed E-state index contributed by atoms with van der Waals surface area (Å²) in [5.41, 5.74) is -0.0790. The predicted molar refractivity (Wildman–Crippen MR) is 70.9 cm³/mol. The van der Waals surface area contributed by atoms with Crippen LogP contribution in [-0.2, 0) is 28.0 Å². The summed E-state index contributed by atoms with van der Waals surface area (Å²) >= 11 is 0. The lowest BCUT2D eigenvalue weighted by molar-refractivity contribution is -0.0581. The Bertz CT molecular complexity index is 461. The van der Waals surface area contributed by atoms with Crippen LogP contribution in [0.25, 0.3) is 0 Å². The van der Waals surface area contributed by atoms with Crippen LogP contribution in [-0.4, -0.2) is 34.6 Å². The van der Waals surface area contributed by atoms with E-state index in [1.807, 2.05) is 6.92 Å². The molecule has 0 saturated carbocycles. The third-order valence-electron chi connectivity index (χ3n) is 4.25. The van der Waals surface area contributed by atoms with Crippen molar-refractivity contribution in [3.05, 3.63) is 11.6 Å². The van der Waals surface area contributed by atoms with Crippen molar-refractivity contribution in [2.45, 2.75) is 52.2 Å². The summed E-state index contributed by atoms with van der Waals surface area (Å²) in [6, 6.07) is 0. The molecule has 1 aromatic rings. The third-order valence-corrected chi connectivity index (χ3v) is 4.25. The van der Waals surface area contributed by atoms with Gasteiger partial charge in [-0.2, -0.15) is 0 Å². The Hall–Kier alpha value is -0.940. The van der Waals surface area contributed by atoms with Gasteiger partial charge in [0.15, 0.2) is 11.4 Å². The summed E-state index contributed by atoms with van der Waals surface area (Å²) < 4.78 is 13.9. The molecule has 0 aromatic carbocycles. The van der Waals surface area contributed by atoms with Crippen LogP contribution in [0.3, 0.4) is 0 Å². The highest BCUT2D eigenvalue weighted by molar-refractivity contribution is 5.11. The number of aryl methyl sites for hydroxylation is 1.